The van der Waals surface area contributed by atoms with E-state index in [1.807, 2.05) is 18.2 Å². The van der Waals surface area contributed by atoms with Crippen LogP contribution in [0.4, 0.5) is 0 Å². The van der Waals surface area contributed by atoms with Crippen LogP contribution < -0.4 is 10.1 Å². The number of fused-ring (bicyclic) bond motifs is 1. The Bertz CT molecular complexity index is 1110. The van der Waals surface area contributed by atoms with Gasteiger partial charge in [-0.2, -0.15) is 0 Å². The van der Waals surface area contributed by atoms with Crippen molar-refractivity contribution in [2.24, 2.45) is 5.92 Å². The number of nitrogens with one attached hydrogen (secondary N) is 1. The first-order valence-electron chi connectivity index (χ1n) is 12.3. The Morgan fingerprint density at radius 3 is 2.71 bits per heavy atom. The molecule has 35 heavy (non-hydrogen) atoms. The summed E-state index contributed by atoms with van der Waals surface area (Å²) < 4.78 is 11.7. The van der Waals surface area contributed by atoms with Gasteiger partial charge in [-0.05, 0) is 35.6 Å². The average Bonchev–Trinajstić information content (AvgIpc) is 3.23. The van der Waals surface area contributed by atoms with Gasteiger partial charge in [0, 0.05) is 38.2 Å². The second-order valence-electron chi connectivity index (χ2n) is 9.44. The molecule has 3 heterocycles. The molecule has 0 aliphatic carbocycles. The summed E-state index contributed by atoms with van der Waals surface area (Å²) in [6.45, 7) is 5.65. The molecule has 3 amide bonds. The summed E-state index contributed by atoms with van der Waals surface area (Å²) in [6.07, 6.45) is 1.21. The van der Waals surface area contributed by atoms with E-state index in [0.29, 0.717) is 32.5 Å². The van der Waals surface area contributed by atoms with Gasteiger partial charge >= 0.3 is 0 Å². The van der Waals surface area contributed by atoms with E-state index in [0.717, 1.165) is 55.3 Å². The fourth-order valence-electron chi connectivity index (χ4n) is 5.02. The standard InChI is InChI=1S/C27H31N3O5/c31-25-9-3-7-22(26(32)28-25)27(33)30-16-21-6-2-8-24(23(21)17-30)35-18-20-5-1-4-19(14-20)15-29-10-12-34-13-11-29/h1-2,4-6,8,14,22H,3,7,9-13,15-18H2,(H,28,31,32)/t22-/m0/s1. The van der Waals surface area contributed by atoms with Gasteiger partial charge in [0.2, 0.25) is 17.7 Å². The molecule has 0 bridgehead atoms. The van der Waals surface area contributed by atoms with Gasteiger partial charge in [-0.3, -0.25) is 24.6 Å². The van der Waals surface area contributed by atoms with Gasteiger partial charge in [0.05, 0.1) is 19.8 Å². The largest absolute Gasteiger partial charge is 0.489 e. The minimum atomic E-state index is -0.811. The molecule has 5 rings (SSSR count). The molecule has 184 valence electrons. The van der Waals surface area contributed by atoms with Gasteiger partial charge in [0.15, 0.2) is 0 Å². The van der Waals surface area contributed by atoms with Gasteiger partial charge in [-0.25, -0.2) is 0 Å². The minimum absolute atomic E-state index is 0.227. The number of amides is 3. The number of nitrogens with zero attached hydrogens (tertiary/aromatic N) is 2. The number of rotatable bonds is 6. The Kier molecular flexibility index (Phi) is 7.11. The lowest BCUT2D eigenvalue weighted by atomic mass is 10.0. The Balaban J connectivity index is 1.22. The van der Waals surface area contributed by atoms with Crippen LogP contribution in [0.5, 0.6) is 5.75 Å². The van der Waals surface area contributed by atoms with Crippen LogP contribution in [0.3, 0.4) is 0 Å². The molecule has 0 radical (unpaired) electrons. The third-order valence-corrected chi connectivity index (χ3v) is 6.92. The van der Waals surface area contributed by atoms with E-state index in [9.17, 15) is 14.4 Å². The predicted octanol–water partition coefficient (Wildman–Crippen LogP) is 2.38. The smallest absolute Gasteiger partial charge is 0.239 e. The van der Waals surface area contributed by atoms with Gasteiger partial charge in [-0.1, -0.05) is 36.4 Å². The highest BCUT2D eigenvalue weighted by molar-refractivity contribution is 6.07. The van der Waals surface area contributed by atoms with E-state index < -0.39 is 11.8 Å². The average molecular weight is 478 g/mol. The highest BCUT2D eigenvalue weighted by Crippen LogP contribution is 2.33. The maximum atomic E-state index is 13.1. The molecule has 2 aromatic carbocycles. The molecule has 2 aromatic rings. The lowest BCUT2D eigenvalue weighted by molar-refractivity contribution is -0.143. The zero-order chi connectivity index (χ0) is 24.2. The highest BCUT2D eigenvalue weighted by atomic mass is 16.5. The summed E-state index contributed by atoms with van der Waals surface area (Å²) in [5.41, 5.74) is 4.36. The summed E-state index contributed by atoms with van der Waals surface area (Å²) in [4.78, 5) is 41.2. The summed E-state index contributed by atoms with van der Waals surface area (Å²) in [6, 6.07) is 14.3. The molecule has 3 aliphatic rings. The fourth-order valence-corrected chi connectivity index (χ4v) is 5.02. The molecule has 1 N–H and O–H groups in total. The van der Waals surface area contributed by atoms with Crippen LogP contribution >= 0.6 is 0 Å². The number of imide groups is 1. The van der Waals surface area contributed by atoms with E-state index in [2.05, 4.69) is 34.5 Å². The second kappa shape index (κ2) is 10.6. The zero-order valence-electron chi connectivity index (χ0n) is 19.8. The lowest BCUT2D eigenvalue weighted by Crippen LogP contribution is -2.42. The number of benzene rings is 2. The fraction of sp³-hybridized carbons (Fsp3) is 0.444. The molecule has 2 fully saturated rings. The number of hydrogen-bond acceptors (Lipinski definition) is 6. The molecule has 0 spiro atoms. The van der Waals surface area contributed by atoms with E-state index in [1.165, 1.54) is 5.56 Å². The lowest BCUT2D eigenvalue weighted by Gasteiger charge is -2.26. The van der Waals surface area contributed by atoms with E-state index in [1.54, 1.807) is 4.90 Å². The van der Waals surface area contributed by atoms with Gasteiger partial charge in [-0.15, -0.1) is 0 Å². The first-order valence-corrected chi connectivity index (χ1v) is 12.3. The Morgan fingerprint density at radius 2 is 1.86 bits per heavy atom. The van der Waals surface area contributed by atoms with Crippen LogP contribution in [0.1, 0.15) is 41.5 Å². The molecule has 0 aromatic heterocycles. The molecule has 2 saturated heterocycles. The van der Waals surface area contributed by atoms with Crippen LogP contribution in [0.2, 0.25) is 0 Å². The Labute approximate surface area is 205 Å². The predicted molar refractivity (Wildman–Crippen MR) is 128 cm³/mol. The van der Waals surface area contributed by atoms with Gasteiger partial charge in [0.1, 0.15) is 18.3 Å². The number of carbonyl (C=O) groups is 3. The van der Waals surface area contributed by atoms with Crippen LogP contribution in [0.15, 0.2) is 42.5 Å². The summed E-state index contributed by atoms with van der Waals surface area (Å²) in [5, 5.41) is 2.34. The van der Waals surface area contributed by atoms with Crippen molar-refractivity contribution in [2.45, 2.75) is 45.5 Å². The molecule has 0 saturated carbocycles. The Hall–Kier alpha value is -3.23. The van der Waals surface area contributed by atoms with Crippen molar-refractivity contribution in [3.8, 4) is 5.75 Å². The first kappa shape index (κ1) is 23.5. The SMILES string of the molecule is O=C1CCC[C@H](C(=O)N2Cc3cccc(OCc4cccc(CN5CCOCC5)c4)c3C2)C(=O)N1. The van der Waals surface area contributed by atoms with Crippen LogP contribution in [-0.2, 0) is 45.4 Å². The number of hydrogen-bond donors (Lipinski definition) is 1. The summed E-state index contributed by atoms with van der Waals surface area (Å²) >= 11 is 0. The molecular formula is C27H31N3O5. The van der Waals surface area contributed by atoms with Crippen molar-refractivity contribution in [2.75, 3.05) is 26.3 Å². The van der Waals surface area contributed by atoms with Crippen molar-refractivity contribution < 1.29 is 23.9 Å². The zero-order valence-corrected chi connectivity index (χ0v) is 19.8. The Morgan fingerprint density at radius 1 is 1.06 bits per heavy atom. The molecule has 1 atom stereocenters. The minimum Gasteiger partial charge on any atom is -0.489 e. The first-order chi connectivity index (χ1) is 17.1. The van der Waals surface area contributed by atoms with Crippen molar-refractivity contribution in [1.82, 2.24) is 15.1 Å². The van der Waals surface area contributed by atoms with Crippen LogP contribution in [0, 0.1) is 5.92 Å². The third kappa shape index (κ3) is 5.55. The molecule has 8 nitrogen and oxygen atoms in total. The topological polar surface area (TPSA) is 88.2 Å². The number of morpholine rings is 1. The maximum Gasteiger partial charge on any atom is 0.239 e. The van der Waals surface area contributed by atoms with Crippen molar-refractivity contribution >= 4 is 17.7 Å². The molecule has 8 heteroatoms. The molecule has 3 aliphatic heterocycles. The maximum absolute atomic E-state index is 13.1. The van der Waals surface area contributed by atoms with E-state index in [-0.39, 0.29) is 18.2 Å². The number of ether oxygens (including phenoxy) is 2. The quantitative estimate of drug-likeness (QED) is 0.508. The van der Waals surface area contributed by atoms with E-state index >= 15 is 0 Å². The summed E-state index contributed by atoms with van der Waals surface area (Å²) in [5.74, 6) is -1.07. The third-order valence-electron chi connectivity index (χ3n) is 6.92. The monoisotopic (exact) mass is 477 g/mol. The number of carbonyl (C=O) groups excluding carboxylic acids is 3. The van der Waals surface area contributed by atoms with Crippen molar-refractivity contribution in [3.63, 3.8) is 0 Å². The van der Waals surface area contributed by atoms with E-state index in [4.69, 9.17) is 9.47 Å². The summed E-state index contributed by atoms with van der Waals surface area (Å²) in [7, 11) is 0. The van der Waals surface area contributed by atoms with Gasteiger partial charge in [0.25, 0.3) is 0 Å². The van der Waals surface area contributed by atoms with Gasteiger partial charge < -0.3 is 14.4 Å². The normalized spacial score (nSPS) is 20.8. The second-order valence-corrected chi connectivity index (χ2v) is 9.44. The highest BCUT2D eigenvalue weighted by Gasteiger charge is 2.36. The van der Waals surface area contributed by atoms with Crippen molar-refractivity contribution in [1.29, 1.82) is 0 Å². The molecule has 0 unspecified atom stereocenters. The van der Waals surface area contributed by atoms with Crippen LogP contribution in [-0.4, -0.2) is 53.8 Å². The van der Waals surface area contributed by atoms with Crippen LogP contribution in [0.25, 0.3) is 0 Å². The van der Waals surface area contributed by atoms with Crippen molar-refractivity contribution in [3.05, 3.63) is 64.7 Å². The molecular weight excluding hydrogens is 446 g/mol.